The number of rotatable bonds is 6. The lowest BCUT2D eigenvalue weighted by molar-refractivity contribution is -0.0357. The van der Waals surface area contributed by atoms with Crippen molar-refractivity contribution in [3.8, 4) is 0 Å². The van der Waals surface area contributed by atoms with E-state index in [1.807, 2.05) is 18.2 Å². The Bertz CT molecular complexity index is 955. The Hall–Kier alpha value is -2.33. The number of aliphatic hydroxyl groups excluding tert-OH is 1. The molecule has 1 aromatic heterocycles. The molecule has 162 valence electrons. The number of aromatic nitrogens is 2. The molecule has 2 aliphatic heterocycles. The van der Waals surface area contributed by atoms with Crippen LogP contribution in [0.25, 0.3) is 0 Å². The third-order valence-electron chi connectivity index (χ3n) is 5.80. The van der Waals surface area contributed by atoms with Crippen LogP contribution in [0.5, 0.6) is 0 Å². The minimum atomic E-state index is -1.35. The van der Waals surface area contributed by atoms with Gasteiger partial charge >= 0.3 is 5.69 Å². The van der Waals surface area contributed by atoms with Crippen LogP contribution >= 0.6 is 0 Å². The summed E-state index contributed by atoms with van der Waals surface area (Å²) < 4.78 is 20.6. The van der Waals surface area contributed by atoms with Gasteiger partial charge in [-0.1, -0.05) is 30.3 Å². The Balaban J connectivity index is 1.39. The van der Waals surface area contributed by atoms with Crippen molar-refractivity contribution in [3.05, 3.63) is 68.5 Å². The van der Waals surface area contributed by atoms with Crippen LogP contribution in [0.3, 0.4) is 0 Å². The van der Waals surface area contributed by atoms with E-state index in [9.17, 15) is 19.1 Å². The van der Waals surface area contributed by atoms with Crippen molar-refractivity contribution >= 4 is 0 Å². The van der Waals surface area contributed by atoms with Gasteiger partial charge in [0, 0.05) is 57.4 Å². The second kappa shape index (κ2) is 9.22. The molecule has 30 heavy (non-hydrogen) atoms. The highest BCUT2D eigenvalue weighted by Crippen LogP contribution is 2.29. The number of nitrogens with zero attached hydrogens (tertiary/aromatic N) is 3. The lowest BCUT2D eigenvalue weighted by Crippen LogP contribution is -2.46. The number of nitrogens with one attached hydrogen (secondary N) is 1. The smallest absolute Gasteiger partial charge is 0.330 e. The van der Waals surface area contributed by atoms with Gasteiger partial charge in [-0.05, 0) is 5.56 Å². The number of alkyl halides is 1. The molecule has 3 atom stereocenters. The Labute approximate surface area is 173 Å². The molecule has 1 aromatic carbocycles. The van der Waals surface area contributed by atoms with Crippen LogP contribution in [0.2, 0.25) is 0 Å². The first kappa shape index (κ1) is 20.9. The predicted molar refractivity (Wildman–Crippen MR) is 109 cm³/mol. The predicted octanol–water partition coefficient (Wildman–Crippen LogP) is 0.472. The van der Waals surface area contributed by atoms with E-state index < -0.39 is 36.4 Å². The molecule has 0 aliphatic carbocycles. The number of hydrogen-bond donors (Lipinski definition) is 2. The number of benzene rings is 1. The van der Waals surface area contributed by atoms with Gasteiger partial charge in [0.25, 0.3) is 5.56 Å². The molecule has 2 aliphatic rings. The van der Waals surface area contributed by atoms with Gasteiger partial charge in [0.2, 0.25) is 0 Å². The molecule has 0 spiro atoms. The van der Waals surface area contributed by atoms with Gasteiger partial charge < -0.3 is 9.84 Å². The van der Waals surface area contributed by atoms with Crippen molar-refractivity contribution in [1.29, 1.82) is 0 Å². The van der Waals surface area contributed by atoms with E-state index in [1.54, 1.807) is 0 Å². The fraction of sp³-hybridized carbons (Fsp3) is 0.524. The number of piperazine rings is 1. The first-order chi connectivity index (χ1) is 14.5. The summed E-state index contributed by atoms with van der Waals surface area (Å²) in [5, 5.41) is 9.18. The van der Waals surface area contributed by atoms with Crippen LogP contribution in [0.1, 0.15) is 23.8 Å². The average molecular weight is 418 g/mol. The largest absolute Gasteiger partial charge is 0.394 e. The monoisotopic (exact) mass is 418 g/mol. The lowest BCUT2D eigenvalue weighted by Gasteiger charge is -2.34. The summed E-state index contributed by atoms with van der Waals surface area (Å²) in [7, 11) is 0. The van der Waals surface area contributed by atoms with Gasteiger partial charge in [0.05, 0.1) is 6.61 Å². The lowest BCUT2D eigenvalue weighted by atomic mass is 10.2. The highest BCUT2D eigenvalue weighted by atomic mass is 19.1. The molecule has 0 bridgehead atoms. The van der Waals surface area contributed by atoms with Crippen LogP contribution in [0.4, 0.5) is 4.39 Å². The second-order valence-corrected chi connectivity index (χ2v) is 7.92. The standard InChI is InChI=1S/C21H27FN4O4/c22-17-10-19(30-18(17)14-27)26-13-16(20(28)23-21(26)29)12-25-8-6-24(7-9-25)11-15-4-2-1-3-5-15/h1-5,13,17-19,27H,6-12,14H2,(H,23,28,29)/t17?,18-,19-/m1/s1. The van der Waals surface area contributed by atoms with Crippen LogP contribution < -0.4 is 11.2 Å². The first-order valence-corrected chi connectivity index (χ1v) is 10.3. The Morgan fingerprint density at radius 2 is 1.73 bits per heavy atom. The summed E-state index contributed by atoms with van der Waals surface area (Å²) in [6.07, 6.45) is -1.69. The summed E-state index contributed by atoms with van der Waals surface area (Å²) in [5.74, 6) is 0. The Kier molecular flexibility index (Phi) is 6.43. The molecule has 0 radical (unpaired) electrons. The number of hydrogen-bond acceptors (Lipinski definition) is 6. The number of aliphatic hydroxyl groups is 1. The third-order valence-corrected chi connectivity index (χ3v) is 5.80. The summed E-state index contributed by atoms with van der Waals surface area (Å²) in [6, 6.07) is 10.3. The molecule has 0 amide bonds. The van der Waals surface area contributed by atoms with Gasteiger partial charge in [-0.15, -0.1) is 0 Å². The summed E-state index contributed by atoms with van der Waals surface area (Å²) in [5.41, 5.74) is 0.652. The van der Waals surface area contributed by atoms with Crippen LogP contribution in [-0.4, -0.2) is 69.5 Å². The maximum absolute atomic E-state index is 13.9. The highest BCUT2D eigenvalue weighted by molar-refractivity contribution is 5.14. The number of aromatic amines is 1. The van der Waals surface area contributed by atoms with Crippen molar-refractivity contribution in [2.24, 2.45) is 0 Å². The maximum atomic E-state index is 13.9. The van der Waals surface area contributed by atoms with Crippen LogP contribution in [0, 0.1) is 0 Å². The quantitative estimate of drug-likeness (QED) is 0.709. The van der Waals surface area contributed by atoms with E-state index in [1.165, 1.54) is 16.3 Å². The van der Waals surface area contributed by atoms with E-state index in [2.05, 4.69) is 26.9 Å². The van der Waals surface area contributed by atoms with Crippen molar-refractivity contribution in [3.63, 3.8) is 0 Å². The van der Waals surface area contributed by atoms with Gasteiger partial charge in [-0.3, -0.25) is 24.1 Å². The molecule has 4 rings (SSSR count). The first-order valence-electron chi connectivity index (χ1n) is 10.3. The molecule has 8 nitrogen and oxygen atoms in total. The number of ether oxygens (including phenoxy) is 1. The average Bonchev–Trinajstić information content (AvgIpc) is 3.12. The summed E-state index contributed by atoms with van der Waals surface area (Å²) in [4.78, 5) is 31.4. The van der Waals surface area contributed by atoms with Crippen molar-refractivity contribution in [1.82, 2.24) is 19.4 Å². The van der Waals surface area contributed by atoms with Crippen molar-refractivity contribution in [2.45, 2.75) is 38.0 Å². The summed E-state index contributed by atoms with van der Waals surface area (Å²) in [6.45, 7) is 4.25. The SMILES string of the molecule is O=c1[nH]c(=O)n([C@H]2CC(F)[C@@H](CO)O2)cc1CN1CCN(Cc2ccccc2)CC1. The van der Waals surface area contributed by atoms with Gasteiger partial charge in [0.1, 0.15) is 18.5 Å². The molecular formula is C21H27FN4O4. The van der Waals surface area contributed by atoms with Crippen molar-refractivity contribution in [2.75, 3.05) is 32.8 Å². The molecule has 2 N–H and O–H groups in total. The fourth-order valence-corrected chi connectivity index (χ4v) is 4.07. The molecule has 2 fully saturated rings. The Morgan fingerprint density at radius 1 is 1.07 bits per heavy atom. The number of H-pyrrole nitrogens is 1. The Morgan fingerprint density at radius 3 is 2.37 bits per heavy atom. The van der Waals surface area contributed by atoms with Gasteiger partial charge in [0.15, 0.2) is 0 Å². The van der Waals surface area contributed by atoms with E-state index in [-0.39, 0.29) is 6.42 Å². The summed E-state index contributed by atoms with van der Waals surface area (Å²) >= 11 is 0. The second-order valence-electron chi connectivity index (χ2n) is 7.92. The van der Waals surface area contributed by atoms with E-state index in [0.29, 0.717) is 12.1 Å². The third kappa shape index (κ3) is 4.70. The zero-order valence-corrected chi connectivity index (χ0v) is 16.7. The molecule has 3 heterocycles. The normalized spacial score (nSPS) is 25.6. The molecule has 1 unspecified atom stereocenters. The molecular weight excluding hydrogens is 391 g/mol. The topological polar surface area (TPSA) is 90.8 Å². The van der Waals surface area contributed by atoms with E-state index in [4.69, 9.17) is 4.74 Å². The fourth-order valence-electron chi connectivity index (χ4n) is 4.07. The number of halogens is 1. The molecule has 0 saturated carbocycles. The minimum Gasteiger partial charge on any atom is -0.394 e. The molecule has 2 aromatic rings. The van der Waals surface area contributed by atoms with Crippen molar-refractivity contribution < 1.29 is 14.2 Å². The highest BCUT2D eigenvalue weighted by Gasteiger charge is 2.36. The zero-order chi connectivity index (χ0) is 21.1. The van der Waals surface area contributed by atoms with Crippen LogP contribution in [0.15, 0.2) is 46.1 Å². The van der Waals surface area contributed by atoms with E-state index >= 15 is 0 Å². The molecule has 2 saturated heterocycles. The minimum absolute atomic E-state index is 0.0330. The maximum Gasteiger partial charge on any atom is 0.330 e. The molecule has 9 heteroatoms. The zero-order valence-electron chi connectivity index (χ0n) is 16.7. The van der Waals surface area contributed by atoms with Gasteiger partial charge in [-0.25, -0.2) is 9.18 Å². The van der Waals surface area contributed by atoms with Gasteiger partial charge in [-0.2, -0.15) is 0 Å². The van der Waals surface area contributed by atoms with E-state index in [0.717, 1.165) is 32.7 Å². The van der Waals surface area contributed by atoms with Crippen LogP contribution in [-0.2, 0) is 17.8 Å².